The van der Waals surface area contributed by atoms with Crippen molar-refractivity contribution in [1.82, 2.24) is 5.12 Å². The molecule has 1 heterocycles. The maximum atomic E-state index is 12.0. The highest BCUT2D eigenvalue weighted by Gasteiger charge is 2.21. The van der Waals surface area contributed by atoms with Crippen LogP contribution in [0.3, 0.4) is 0 Å². The maximum Gasteiger partial charge on any atom is 0.221 e. The van der Waals surface area contributed by atoms with Crippen LogP contribution in [-0.2, 0) is 0 Å². The number of allylic oxidation sites excluding steroid dienone is 2. The topological polar surface area (TPSA) is 3.24 Å². The van der Waals surface area contributed by atoms with E-state index >= 15 is 0 Å². The van der Waals surface area contributed by atoms with Crippen molar-refractivity contribution in [3.8, 4) is 0 Å². The van der Waals surface area contributed by atoms with Gasteiger partial charge in [-0.1, -0.05) is 4.48 Å². The smallest absolute Gasteiger partial charge is 0.216 e. The summed E-state index contributed by atoms with van der Waals surface area (Å²) < 4.78 is 47.9. The van der Waals surface area contributed by atoms with Gasteiger partial charge in [-0.05, 0) is 0 Å². The van der Waals surface area contributed by atoms with Gasteiger partial charge in [0.2, 0.25) is 6.30 Å². The Hall–Kier alpha value is -1.00. The lowest BCUT2D eigenvalue weighted by Crippen LogP contribution is -2.19. The van der Waals surface area contributed by atoms with Crippen molar-refractivity contribution < 1.29 is 17.7 Å². The zero-order chi connectivity index (χ0) is 7.72. The lowest BCUT2D eigenvalue weighted by Gasteiger charge is -2.14. The average Bonchev–Trinajstić information content (AvgIpc) is 1.84. The molecule has 56 valence electrons. The molecule has 0 saturated heterocycles. The minimum Gasteiger partial charge on any atom is -0.216 e. The fourth-order valence-electron chi connectivity index (χ4n) is 0.513. The molecule has 0 radical (unpaired) electrons. The summed E-state index contributed by atoms with van der Waals surface area (Å²) in [6.07, 6.45) is -1.91. The van der Waals surface area contributed by atoms with E-state index in [0.29, 0.717) is 0 Å². The Balaban J connectivity index is 2.83. The standard InChI is InChI=1S/C5H3F4N/c6-3-1-5(8)10(9)2-4(3)7/h1-2,5H. The van der Waals surface area contributed by atoms with Crippen LogP contribution in [0.25, 0.3) is 0 Å². The molecule has 0 saturated carbocycles. The van der Waals surface area contributed by atoms with Crippen LogP contribution in [0, 0.1) is 0 Å². The van der Waals surface area contributed by atoms with Crippen molar-refractivity contribution in [2.45, 2.75) is 6.30 Å². The summed E-state index contributed by atoms with van der Waals surface area (Å²) >= 11 is 0. The first-order valence-electron chi connectivity index (χ1n) is 2.44. The van der Waals surface area contributed by atoms with E-state index in [0.717, 1.165) is 0 Å². The molecule has 0 fully saturated rings. The number of rotatable bonds is 0. The Bertz CT molecular complexity index is 176. The molecular formula is C5H3F4N. The molecule has 1 aliphatic rings. The third-order valence-corrected chi connectivity index (χ3v) is 0.984. The molecule has 5 heteroatoms. The predicted molar refractivity (Wildman–Crippen MR) is 26.2 cm³/mol. The van der Waals surface area contributed by atoms with Crippen molar-refractivity contribution in [3.05, 3.63) is 23.9 Å². The van der Waals surface area contributed by atoms with Gasteiger partial charge in [0.1, 0.15) is 0 Å². The molecule has 0 bridgehead atoms. The molecule has 1 unspecified atom stereocenters. The van der Waals surface area contributed by atoms with E-state index in [1.807, 2.05) is 0 Å². The quantitative estimate of drug-likeness (QED) is 0.293. The minimum atomic E-state index is -2.22. The van der Waals surface area contributed by atoms with Crippen molar-refractivity contribution in [2.75, 3.05) is 0 Å². The van der Waals surface area contributed by atoms with Crippen LogP contribution in [0.5, 0.6) is 0 Å². The highest BCUT2D eigenvalue weighted by Crippen LogP contribution is 2.23. The molecule has 0 aromatic carbocycles. The van der Waals surface area contributed by atoms with Gasteiger partial charge < -0.3 is 0 Å². The molecule has 0 aromatic heterocycles. The third-order valence-electron chi connectivity index (χ3n) is 0.984. The largest absolute Gasteiger partial charge is 0.221 e. The Kier molecular flexibility index (Phi) is 1.65. The monoisotopic (exact) mass is 153 g/mol. The molecule has 1 aliphatic heterocycles. The van der Waals surface area contributed by atoms with E-state index in [4.69, 9.17) is 0 Å². The second kappa shape index (κ2) is 2.32. The van der Waals surface area contributed by atoms with E-state index < -0.39 is 23.1 Å². The van der Waals surface area contributed by atoms with Gasteiger partial charge in [0.25, 0.3) is 0 Å². The van der Waals surface area contributed by atoms with Crippen LogP contribution in [0.4, 0.5) is 17.7 Å². The molecule has 0 amide bonds. The summed E-state index contributed by atoms with van der Waals surface area (Å²) in [7, 11) is 0. The minimum absolute atomic E-state index is 0.111. The Morgan fingerprint density at radius 1 is 1.30 bits per heavy atom. The number of alkyl halides is 1. The summed E-state index contributed by atoms with van der Waals surface area (Å²) in [5.41, 5.74) is 0. The van der Waals surface area contributed by atoms with Crippen LogP contribution >= 0.6 is 0 Å². The van der Waals surface area contributed by atoms with E-state index in [2.05, 4.69) is 0 Å². The third kappa shape index (κ3) is 1.12. The van der Waals surface area contributed by atoms with Gasteiger partial charge in [-0.15, -0.1) is 0 Å². The number of hydrogen-bond acceptors (Lipinski definition) is 1. The molecule has 0 aliphatic carbocycles. The SMILES string of the molecule is FC1=CC(F)N(F)C=C1F. The Morgan fingerprint density at radius 3 is 2.40 bits per heavy atom. The molecule has 10 heavy (non-hydrogen) atoms. The van der Waals surface area contributed by atoms with Crippen LogP contribution < -0.4 is 0 Å². The van der Waals surface area contributed by atoms with Gasteiger partial charge in [0.15, 0.2) is 11.7 Å². The normalized spacial score (nSPS) is 26.0. The van der Waals surface area contributed by atoms with Gasteiger partial charge in [-0.25, -0.2) is 13.2 Å². The lowest BCUT2D eigenvalue weighted by molar-refractivity contribution is -0.0116. The summed E-state index contributed by atoms with van der Waals surface area (Å²) in [5.74, 6) is -2.78. The first kappa shape index (κ1) is 7.11. The average molecular weight is 153 g/mol. The van der Waals surface area contributed by atoms with Crippen molar-refractivity contribution >= 4 is 0 Å². The van der Waals surface area contributed by atoms with Crippen molar-refractivity contribution in [2.24, 2.45) is 0 Å². The van der Waals surface area contributed by atoms with Gasteiger partial charge in [-0.2, -0.15) is 5.12 Å². The van der Waals surface area contributed by atoms with Gasteiger partial charge >= 0.3 is 0 Å². The summed E-state index contributed by atoms with van der Waals surface area (Å²) in [6, 6.07) is 0. The van der Waals surface area contributed by atoms with Gasteiger partial charge in [-0.3, -0.25) is 0 Å². The van der Waals surface area contributed by atoms with Crippen LogP contribution in [0.15, 0.2) is 23.9 Å². The fourth-order valence-corrected chi connectivity index (χ4v) is 0.513. The molecule has 0 aromatic rings. The first-order chi connectivity index (χ1) is 4.61. The molecule has 0 N–H and O–H groups in total. The highest BCUT2D eigenvalue weighted by molar-refractivity contribution is 5.22. The van der Waals surface area contributed by atoms with Crippen LogP contribution in [-0.4, -0.2) is 11.4 Å². The summed E-state index contributed by atoms with van der Waals surface area (Å²) in [4.78, 5) is 0. The fraction of sp³-hybridized carbons (Fsp3) is 0.200. The van der Waals surface area contributed by atoms with Crippen LogP contribution in [0.1, 0.15) is 0 Å². The molecule has 0 spiro atoms. The highest BCUT2D eigenvalue weighted by atomic mass is 19.2. The van der Waals surface area contributed by atoms with E-state index in [-0.39, 0.29) is 12.3 Å². The maximum absolute atomic E-state index is 12.0. The van der Waals surface area contributed by atoms with Gasteiger partial charge in [0.05, 0.1) is 6.20 Å². The Morgan fingerprint density at radius 2 is 1.90 bits per heavy atom. The van der Waals surface area contributed by atoms with Crippen LogP contribution in [0.2, 0.25) is 0 Å². The van der Waals surface area contributed by atoms with E-state index in [9.17, 15) is 17.7 Å². The predicted octanol–water partition coefficient (Wildman–Crippen LogP) is 2.15. The van der Waals surface area contributed by atoms with E-state index in [1.165, 1.54) is 0 Å². The lowest BCUT2D eigenvalue weighted by atomic mass is 10.3. The number of hydrogen-bond donors (Lipinski definition) is 0. The van der Waals surface area contributed by atoms with Crippen molar-refractivity contribution in [1.29, 1.82) is 0 Å². The molecule has 1 nitrogen and oxygen atoms in total. The van der Waals surface area contributed by atoms with E-state index in [1.54, 1.807) is 0 Å². The molecule has 1 rings (SSSR count). The summed E-state index contributed by atoms with van der Waals surface area (Å²) in [5, 5.41) is -0.557. The zero-order valence-corrected chi connectivity index (χ0v) is 4.69. The number of halogens is 4. The molecular weight excluding hydrogens is 150 g/mol. The van der Waals surface area contributed by atoms with Crippen molar-refractivity contribution in [3.63, 3.8) is 0 Å². The van der Waals surface area contributed by atoms with Gasteiger partial charge in [0, 0.05) is 6.08 Å². The Labute approximate surface area is 54.2 Å². The zero-order valence-electron chi connectivity index (χ0n) is 4.69. The number of nitrogens with zero attached hydrogens (tertiary/aromatic N) is 1. The molecule has 1 atom stereocenters. The second-order valence-electron chi connectivity index (χ2n) is 1.71. The second-order valence-corrected chi connectivity index (χ2v) is 1.71. The summed E-state index contributed by atoms with van der Waals surface area (Å²) in [6.45, 7) is 0. The first-order valence-corrected chi connectivity index (χ1v) is 2.44.